The molecule has 0 aromatic rings. The fourth-order valence-corrected chi connectivity index (χ4v) is 2.38. The van der Waals surface area contributed by atoms with Crippen molar-refractivity contribution in [2.45, 2.75) is 13.3 Å². The molecule has 0 saturated carbocycles. The molecule has 0 aliphatic rings. The van der Waals surface area contributed by atoms with E-state index in [9.17, 15) is 0 Å². The highest BCUT2D eigenvalue weighted by molar-refractivity contribution is 4.56. The van der Waals surface area contributed by atoms with Gasteiger partial charge in [0.1, 0.15) is 0 Å². The SMILES string of the molecule is CCN(CCO)CCO.CN(CCO)CCO.NCCCN(CCO)CCO.OCCNCCO. The van der Waals surface area contributed by atoms with Crippen molar-refractivity contribution in [1.82, 2.24) is 20.0 Å². The zero-order valence-electron chi connectivity index (χ0n) is 22.1. The summed E-state index contributed by atoms with van der Waals surface area (Å²) >= 11 is 0. The number of likely N-dealkylation sites (N-methyl/N-ethyl adjacent to an activating group) is 2. The third-order valence-corrected chi connectivity index (χ3v) is 4.33. The van der Waals surface area contributed by atoms with E-state index < -0.39 is 0 Å². The fourth-order valence-electron chi connectivity index (χ4n) is 2.38. The van der Waals surface area contributed by atoms with Crippen molar-refractivity contribution in [2.24, 2.45) is 5.73 Å². The van der Waals surface area contributed by atoms with E-state index in [0.29, 0.717) is 58.9 Å². The van der Waals surface area contributed by atoms with Crippen LogP contribution in [0.25, 0.3) is 0 Å². The van der Waals surface area contributed by atoms with Crippen molar-refractivity contribution in [3.8, 4) is 0 Å². The normalized spacial score (nSPS) is 10.5. The molecule has 13 nitrogen and oxygen atoms in total. The molecule has 0 spiro atoms. The molecule has 0 rings (SSSR count). The lowest BCUT2D eigenvalue weighted by Crippen LogP contribution is -2.31. The Hall–Kier alpha value is -0.520. The van der Waals surface area contributed by atoms with Gasteiger partial charge in [-0.05, 0) is 33.1 Å². The number of aliphatic hydroxyl groups excluding tert-OH is 8. The van der Waals surface area contributed by atoms with Gasteiger partial charge < -0.3 is 56.8 Å². The van der Waals surface area contributed by atoms with Gasteiger partial charge in [0.15, 0.2) is 0 Å². The molecule has 218 valence electrons. The lowest BCUT2D eigenvalue weighted by Gasteiger charge is -2.19. The lowest BCUT2D eigenvalue weighted by molar-refractivity contribution is 0.160. The monoisotopic (exact) mass is 519 g/mol. The molecule has 0 radical (unpaired) electrons. The van der Waals surface area contributed by atoms with Gasteiger partial charge in [-0.3, -0.25) is 9.80 Å². The quantitative estimate of drug-likeness (QED) is 0.0687. The molecular weight excluding hydrogens is 462 g/mol. The minimum absolute atomic E-state index is 0.139. The smallest absolute Gasteiger partial charge is 0.0558 e. The van der Waals surface area contributed by atoms with Crippen LogP contribution in [0.1, 0.15) is 13.3 Å². The Morgan fingerprint density at radius 2 is 0.914 bits per heavy atom. The first kappa shape index (κ1) is 41.6. The van der Waals surface area contributed by atoms with E-state index in [-0.39, 0.29) is 52.9 Å². The molecule has 0 fully saturated rings. The molecule has 0 saturated heterocycles. The second-order valence-corrected chi connectivity index (χ2v) is 7.26. The molecule has 0 bridgehead atoms. The molecule has 0 atom stereocenters. The largest absolute Gasteiger partial charge is 0.395 e. The Morgan fingerprint density at radius 3 is 1.20 bits per heavy atom. The van der Waals surface area contributed by atoms with E-state index in [1.165, 1.54) is 0 Å². The summed E-state index contributed by atoms with van der Waals surface area (Å²) in [5.41, 5.74) is 5.32. The van der Waals surface area contributed by atoms with Crippen LogP contribution in [0.5, 0.6) is 0 Å². The minimum Gasteiger partial charge on any atom is -0.395 e. The van der Waals surface area contributed by atoms with E-state index in [2.05, 4.69) is 5.32 Å². The number of hydrogen-bond donors (Lipinski definition) is 10. The van der Waals surface area contributed by atoms with Crippen molar-refractivity contribution >= 4 is 0 Å². The molecule has 0 aliphatic carbocycles. The molecule has 0 amide bonds. The Labute approximate surface area is 212 Å². The summed E-state index contributed by atoms with van der Waals surface area (Å²) < 4.78 is 0. The average Bonchev–Trinajstić information content (AvgIpc) is 2.84. The van der Waals surface area contributed by atoms with Crippen molar-refractivity contribution in [1.29, 1.82) is 0 Å². The zero-order valence-corrected chi connectivity index (χ0v) is 22.1. The summed E-state index contributed by atoms with van der Waals surface area (Å²) in [4.78, 5) is 5.84. The first-order valence-corrected chi connectivity index (χ1v) is 12.3. The molecule has 0 aliphatic heterocycles. The topological polar surface area (TPSA) is 210 Å². The van der Waals surface area contributed by atoms with E-state index in [1.54, 1.807) is 0 Å². The maximum Gasteiger partial charge on any atom is 0.0558 e. The standard InChI is InChI=1S/C7H18N2O2.C6H15NO2.C5H13NO2.C4H11NO2/c8-2-1-3-9(4-6-10)5-7-11;1-2-7(3-5-8)4-6-9;1-6(2-4-7)3-5-8;6-3-1-5-2-4-7/h10-11H,1-8H2;8-9H,2-6H2,1H3;7-8H,2-5H2,1H3;5-7H,1-4H2. The summed E-state index contributed by atoms with van der Waals surface area (Å²) in [6.45, 7) is 10.7. The second kappa shape index (κ2) is 40.6. The molecule has 11 N–H and O–H groups in total. The van der Waals surface area contributed by atoms with Crippen LogP contribution in [0, 0.1) is 0 Å². The molecule has 35 heavy (non-hydrogen) atoms. The van der Waals surface area contributed by atoms with Crippen molar-refractivity contribution in [2.75, 3.05) is 132 Å². The Kier molecular flexibility index (Phi) is 48.3. The predicted molar refractivity (Wildman–Crippen MR) is 139 cm³/mol. The predicted octanol–water partition coefficient (Wildman–Crippen LogP) is -4.62. The molecule has 0 aromatic carbocycles. The van der Waals surface area contributed by atoms with Gasteiger partial charge in [-0.25, -0.2) is 0 Å². The van der Waals surface area contributed by atoms with Crippen molar-refractivity contribution in [3.05, 3.63) is 0 Å². The van der Waals surface area contributed by atoms with Crippen LogP contribution in [0.4, 0.5) is 0 Å². The zero-order chi connectivity index (χ0) is 27.6. The van der Waals surface area contributed by atoms with Gasteiger partial charge in [0.05, 0.1) is 52.9 Å². The fraction of sp³-hybridized carbons (Fsp3) is 1.00. The first-order chi connectivity index (χ1) is 16.9. The molecule has 0 aromatic heterocycles. The van der Waals surface area contributed by atoms with Gasteiger partial charge in [-0.1, -0.05) is 6.92 Å². The maximum absolute atomic E-state index is 8.61. The van der Waals surface area contributed by atoms with Gasteiger partial charge in [0.2, 0.25) is 0 Å². The summed E-state index contributed by atoms with van der Waals surface area (Å²) in [5.74, 6) is 0. The number of aliphatic hydroxyl groups is 8. The van der Waals surface area contributed by atoms with Gasteiger partial charge in [0, 0.05) is 52.4 Å². The first-order valence-electron chi connectivity index (χ1n) is 12.3. The Morgan fingerprint density at radius 1 is 0.543 bits per heavy atom. The Balaban J connectivity index is -0.000000186. The molecular formula is C22H57N5O8. The average molecular weight is 520 g/mol. The van der Waals surface area contributed by atoms with Gasteiger partial charge in [0.25, 0.3) is 0 Å². The summed E-state index contributed by atoms with van der Waals surface area (Å²) in [6.07, 6.45) is 0.917. The highest BCUT2D eigenvalue weighted by atomic mass is 16.3. The van der Waals surface area contributed by atoms with Crippen LogP contribution < -0.4 is 11.1 Å². The van der Waals surface area contributed by atoms with Crippen LogP contribution in [0.3, 0.4) is 0 Å². The Bertz CT molecular complexity index is 318. The number of hydrogen-bond acceptors (Lipinski definition) is 13. The van der Waals surface area contributed by atoms with Crippen LogP contribution in [-0.4, -0.2) is 187 Å². The van der Waals surface area contributed by atoms with Crippen LogP contribution in [-0.2, 0) is 0 Å². The third-order valence-electron chi connectivity index (χ3n) is 4.33. The summed E-state index contributed by atoms with van der Waals surface area (Å²) in [5, 5.41) is 69.9. The highest BCUT2D eigenvalue weighted by Gasteiger charge is 2.01. The van der Waals surface area contributed by atoms with Crippen molar-refractivity contribution in [3.63, 3.8) is 0 Å². The van der Waals surface area contributed by atoms with Crippen LogP contribution in [0.2, 0.25) is 0 Å². The summed E-state index contributed by atoms with van der Waals surface area (Å²) in [6, 6.07) is 0. The number of nitrogens with two attached hydrogens (primary N) is 1. The molecule has 0 heterocycles. The maximum atomic E-state index is 8.61. The van der Waals surface area contributed by atoms with E-state index in [1.807, 2.05) is 28.7 Å². The van der Waals surface area contributed by atoms with Crippen molar-refractivity contribution < 1.29 is 40.9 Å². The summed E-state index contributed by atoms with van der Waals surface area (Å²) in [7, 11) is 1.85. The van der Waals surface area contributed by atoms with E-state index in [4.69, 9.17) is 46.6 Å². The molecule has 13 heteroatoms. The lowest BCUT2D eigenvalue weighted by atomic mass is 10.3. The minimum atomic E-state index is 0.139. The molecule has 0 unspecified atom stereocenters. The van der Waals surface area contributed by atoms with Gasteiger partial charge in [-0.2, -0.15) is 0 Å². The highest BCUT2D eigenvalue weighted by Crippen LogP contribution is 1.88. The van der Waals surface area contributed by atoms with E-state index in [0.717, 1.165) is 19.5 Å². The number of nitrogens with one attached hydrogen (secondary N) is 1. The van der Waals surface area contributed by atoms with Crippen LogP contribution >= 0.6 is 0 Å². The second-order valence-electron chi connectivity index (χ2n) is 7.26. The van der Waals surface area contributed by atoms with E-state index >= 15 is 0 Å². The third kappa shape index (κ3) is 43.9. The van der Waals surface area contributed by atoms with Gasteiger partial charge >= 0.3 is 0 Å². The van der Waals surface area contributed by atoms with Crippen LogP contribution in [0.15, 0.2) is 0 Å². The number of nitrogens with zero attached hydrogens (tertiary/aromatic N) is 3. The number of rotatable bonds is 20. The van der Waals surface area contributed by atoms with Gasteiger partial charge in [-0.15, -0.1) is 0 Å².